The smallest absolute Gasteiger partial charge is 0.329 e. The number of aryl methyl sites for hydroxylation is 1. The molecule has 0 aliphatic carbocycles. The summed E-state index contributed by atoms with van der Waals surface area (Å²) in [5, 5.41) is 1.11. The van der Waals surface area contributed by atoms with Crippen LogP contribution in [-0.4, -0.2) is 50.2 Å². The first-order valence-electron chi connectivity index (χ1n) is 11.1. The van der Waals surface area contributed by atoms with Crippen LogP contribution in [0.15, 0.2) is 58.1 Å². The zero-order valence-electron chi connectivity index (χ0n) is 18.7. The van der Waals surface area contributed by atoms with Crippen molar-refractivity contribution < 1.29 is 0 Å². The van der Waals surface area contributed by atoms with E-state index in [-0.39, 0.29) is 0 Å². The van der Waals surface area contributed by atoms with E-state index in [4.69, 9.17) is 28.2 Å². The number of anilines is 1. The predicted molar refractivity (Wildman–Crippen MR) is 135 cm³/mol. The van der Waals surface area contributed by atoms with E-state index in [0.29, 0.717) is 33.7 Å². The Kier molecular flexibility index (Phi) is 6.20. The minimum absolute atomic E-state index is 0.387. The van der Waals surface area contributed by atoms with Crippen molar-refractivity contribution in [2.45, 2.75) is 13.1 Å². The van der Waals surface area contributed by atoms with Gasteiger partial charge in [0, 0.05) is 39.8 Å². The molecule has 5 rings (SSSR count). The zero-order valence-corrected chi connectivity index (χ0v) is 20.2. The van der Waals surface area contributed by atoms with Gasteiger partial charge in [0.15, 0.2) is 11.2 Å². The molecule has 176 valence electrons. The average Bonchev–Trinajstić information content (AvgIpc) is 3.21. The van der Waals surface area contributed by atoms with Crippen LogP contribution in [0, 0.1) is 0 Å². The predicted octanol–water partition coefficient (Wildman–Crippen LogP) is 3.10. The Hall–Kier alpha value is -3.07. The monoisotopic (exact) mass is 498 g/mol. The molecular formula is C24H24Cl2N6O2. The number of benzene rings is 2. The number of hydrogen-bond donors (Lipinski definition) is 1. The fourth-order valence-electron chi connectivity index (χ4n) is 4.38. The normalized spacial score (nSPS) is 14.7. The van der Waals surface area contributed by atoms with Crippen LogP contribution in [0.3, 0.4) is 0 Å². The van der Waals surface area contributed by atoms with Crippen molar-refractivity contribution in [1.29, 1.82) is 0 Å². The second kappa shape index (κ2) is 9.29. The molecule has 3 heterocycles. The summed E-state index contributed by atoms with van der Waals surface area (Å²) in [5.74, 6) is 0.694. The number of halogens is 2. The number of H-pyrrole nitrogens is 1. The van der Waals surface area contributed by atoms with Gasteiger partial charge in [-0.25, -0.2) is 4.79 Å². The Balaban J connectivity index is 1.44. The van der Waals surface area contributed by atoms with E-state index in [2.05, 4.69) is 14.8 Å². The first-order chi connectivity index (χ1) is 16.4. The van der Waals surface area contributed by atoms with E-state index in [1.165, 1.54) is 4.57 Å². The van der Waals surface area contributed by atoms with E-state index < -0.39 is 11.2 Å². The highest BCUT2D eigenvalue weighted by atomic mass is 35.5. The van der Waals surface area contributed by atoms with E-state index in [0.717, 1.165) is 43.9 Å². The van der Waals surface area contributed by atoms with Gasteiger partial charge in [0.25, 0.3) is 5.56 Å². The van der Waals surface area contributed by atoms with Gasteiger partial charge in [-0.2, -0.15) is 4.98 Å². The third-order valence-corrected chi connectivity index (χ3v) is 6.95. The molecule has 1 fully saturated rings. The second-order valence-corrected chi connectivity index (χ2v) is 9.30. The molecule has 0 saturated carbocycles. The van der Waals surface area contributed by atoms with Gasteiger partial charge in [-0.05, 0) is 23.3 Å². The van der Waals surface area contributed by atoms with Crippen LogP contribution >= 0.6 is 23.2 Å². The van der Waals surface area contributed by atoms with Crippen molar-refractivity contribution in [1.82, 2.24) is 24.0 Å². The number of fused-ring (bicyclic) bond motifs is 1. The van der Waals surface area contributed by atoms with Gasteiger partial charge in [-0.15, -0.1) is 0 Å². The minimum Gasteiger partial charge on any atom is -0.340 e. The first kappa shape index (κ1) is 22.7. The van der Waals surface area contributed by atoms with Crippen LogP contribution in [0.4, 0.5) is 5.95 Å². The van der Waals surface area contributed by atoms with Crippen molar-refractivity contribution >= 4 is 40.3 Å². The van der Waals surface area contributed by atoms with Crippen LogP contribution in [-0.2, 0) is 20.1 Å². The van der Waals surface area contributed by atoms with Crippen LogP contribution in [0.2, 0.25) is 10.0 Å². The van der Waals surface area contributed by atoms with Gasteiger partial charge in [0.05, 0.1) is 16.6 Å². The fourth-order valence-corrected chi connectivity index (χ4v) is 4.70. The Morgan fingerprint density at radius 2 is 1.65 bits per heavy atom. The van der Waals surface area contributed by atoms with Gasteiger partial charge in [-0.3, -0.25) is 23.8 Å². The molecule has 0 amide bonds. The van der Waals surface area contributed by atoms with Crippen molar-refractivity contribution in [2.24, 2.45) is 7.05 Å². The molecule has 1 saturated heterocycles. The molecule has 1 aliphatic rings. The van der Waals surface area contributed by atoms with Gasteiger partial charge >= 0.3 is 5.69 Å². The summed E-state index contributed by atoms with van der Waals surface area (Å²) in [6, 6.07) is 15.6. The number of nitrogens with zero attached hydrogens (tertiary/aromatic N) is 5. The lowest BCUT2D eigenvalue weighted by atomic mass is 10.2. The number of nitrogens with one attached hydrogen (secondary N) is 1. The molecule has 2 aromatic heterocycles. The molecular weight excluding hydrogens is 475 g/mol. The summed E-state index contributed by atoms with van der Waals surface area (Å²) in [5.41, 5.74) is 2.05. The standard InChI is InChI=1S/C24H24Cl2N6O2/c1-29-21-20(22(33)28-24(29)34)32(15-16-5-3-2-4-6-16)23(27-21)31-11-9-30(10-12-31)14-17-7-8-18(25)19(26)13-17/h2-8,13H,9-12,14-15H2,1H3,(H,28,33,34). The average molecular weight is 499 g/mol. The van der Waals surface area contributed by atoms with Crippen molar-refractivity contribution in [2.75, 3.05) is 31.1 Å². The summed E-state index contributed by atoms with van der Waals surface area (Å²) in [4.78, 5) is 36.7. The highest BCUT2D eigenvalue weighted by molar-refractivity contribution is 6.42. The number of imidazole rings is 1. The van der Waals surface area contributed by atoms with Crippen LogP contribution in [0.1, 0.15) is 11.1 Å². The summed E-state index contributed by atoms with van der Waals surface area (Å²) in [7, 11) is 1.62. The highest BCUT2D eigenvalue weighted by Gasteiger charge is 2.25. The Morgan fingerprint density at radius 3 is 2.35 bits per heavy atom. The van der Waals surface area contributed by atoms with Gasteiger partial charge in [-0.1, -0.05) is 59.6 Å². The lowest BCUT2D eigenvalue weighted by Gasteiger charge is -2.35. The van der Waals surface area contributed by atoms with Crippen LogP contribution in [0.5, 0.6) is 0 Å². The summed E-state index contributed by atoms with van der Waals surface area (Å²) >= 11 is 12.2. The topological polar surface area (TPSA) is 79.2 Å². The molecule has 0 spiro atoms. The number of hydrogen-bond acceptors (Lipinski definition) is 5. The van der Waals surface area contributed by atoms with Crippen LogP contribution in [0.25, 0.3) is 11.2 Å². The fraction of sp³-hybridized carbons (Fsp3) is 0.292. The van der Waals surface area contributed by atoms with E-state index >= 15 is 0 Å². The molecule has 8 nitrogen and oxygen atoms in total. The Bertz CT molecular complexity index is 1450. The molecule has 2 aromatic carbocycles. The maximum Gasteiger partial charge on any atom is 0.329 e. The summed E-state index contributed by atoms with van der Waals surface area (Å²) in [6.45, 7) is 4.39. The van der Waals surface area contributed by atoms with E-state index in [9.17, 15) is 9.59 Å². The first-order valence-corrected chi connectivity index (χ1v) is 11.8. The van der Waals surface area contributed by atoms with Gasteiger partial charge < -0.3 is 4.90 Å². The lowest BCUT2D eigenvalue weighted by molar-refractivity contribution is 0.248. The molecule has 0 bridgehead atoms. The van der Waals surface area contributed by atoms with E-state index in [1.807, 2.05) is 53.1 Å². The molecule has 1 aliphatic heterocycles. The molecule has 0 atom stereocenters. The highest BCUT2D eigenvalue weighted by Crippen LogP contribution is 2.25. The summed E-state index contributed by atoms with van der Waals surface area (Å²) < 4.78 is 3.31. The molecule has 10 heteroatoms. The Labute approximate surface area is 206 Å². The second-order valence-electron chi connectivity index (χ2n) is 8.49. The zero-order chi connectivity index (χ0) is 23.8. The van der Waals surface area contributed by atoms with Crippen LogP contribution < -0.4 is 16.1 Å². The lowest BCUT2D eigenvalue weighted by Crippen LogP contribution is -2.47. The maximum atomic E-state index is 12.8. The SMILES string of the molecule is Cn1c(=O)[nH]c(=O)c2c1nc(N1CCN(Cc3ccc(Cl)c(Cl)c3)CC1)n2Cc1ccccc1. The quantitative estimate of drug-likeness (QED) is 0.457. The largest absolute Gasteiger partial charge is 0.340 e. The molecule has 4 aromatic rings. The number of aromatic amines is 1. The number of rotatable bonds is 5. The molecule has 34 heavy (non-hydrogen) atoms. The van der Waals surface area contributed by atoms with E-state index in [1.54, 1.807) is 7.05 Å². The van der Waals surface area contributed by atoms with Crippen molar-refractivity contribution in [3.05, 3.63) is 90.5 Å². The van der Waals surface area contributed by atoms with Gasteiger partial charge in [0.1, 0.15) is 0 Å². The Morgan fingerprint density at radius 1 is 0.912 bits per heavy atom. The van der Waals surface area contributed by atoms with Crippen molar-refractivity contribution in [3.63, 3.8) is 0 Å². The number of piperazine rings is 1. The molecule has 1 N–H and O–H groups in total. The molecule has 0 unspecified atom stereocenters. The minimum atomic E-state index is -0.472. The van der Waals surface area contributed by atoms with Gasteiger partial charge in [0.2, 0.25) is 5.95 Å². The third-order valence-electron chi connectivity index (χ3n) is 6.22. The van der Waals surface area contributed by atoms with Crippen molar-refractivity contribution in [3.8, 4) is 0 Å². The number of aromatic nitrogens is 4. The summed E-state index contributed by atoms with van der Waals surface area (Å²) in [6.07, 6.45) is 0. The third kappa shape index (κ3) is 4.36. The molecule has 0 radical (unpaired) electrons. The maximum absolute atomic E-state index is 12.8.